The number of nitrogens with zero attached hydrogens (tertiary/aromatic N) is 2. The summed E-state index contributed by atoms with van der Waals surface area (Å²) in [6, 6.07) is 10.6. The number of carbonyl (C=O) groups excluding carboxylic acids is 1. The molecular formula is C19H20N2O4S. The molecule has 26 heavy (non-hydrogen) atoms. The Kier molecular flexibility index (Phi) is 5.18. The van der Waals surface area contributed by atoms with Gasteiger partial charge in [-0.2, -0.15) is 0 Å². The molecule has 2 heterocycles. The number of hydrogen-bond donors (Lipinski definition) is 0. The molecule has 0 radical (unpaired) electrons. The molecule has 0 aliphatic heterocycles. The quantitative estimate of drug-likeness (QED) is 0.379. The van der Waals surface area contributed by atoms with Crippen LogP contribution in [0.4, 0.5) is 0 Å². The van der Waals surface area contributed by atoms with Crippen molar-refractivity contribution in [2.45, 2.75) is 37.2 Å². The molecule has 0 spiro atoms. The predicted molar refractivity (Wildman–Crippen MR) is 101 cm³/mol. The van der Waals surface area contributed by atoms with Gasteiger partial charge in [-0.25, -0.2) is 9.78 Å². The summed E-state index contributed by atoms with van der Waals surface area (Å²) in [6.07, 6.45) is 0. The van der Waals surface area contributed by atoms with Crippen molar-refractivity contribution in [3.63, 3.8) is 0 Å². The Morgan fingerprint density at radius 1 is 1.19 bits per heavy atom. The molecule has 2 aromatic heterocycles. The van der Waals surface area contributed by atoms with Gasteiger partial charge in [0.2, 0.25) is 5.76 Å². The van der Waals surface area contributed by atoms with Gasteiger partial charge in [0, 0.05) is 6.04 Å². The molecule has 7 heteroatoms. The van der Waals surface area contributed by atoms with Crippen molar-refractivity contribution in [3.8, 4) is 0 Å². The number of fused-ring (bicyclic) bond motifs is 1. The van der Waals surface area contributed by atoms with Crippen molar-refractivity contribution < 1.29 is 13.9 Å². The molecule has 0 N–H and O–H groups in total. The molecule has 0 fully saturated rings. The van der Waals surface area contributed by atoms with Crippen LogP contribution >= 0.6 is 11.8 Å². The number of rotatable bonds is 5. The first-order chi connectivity index (χ1) is 12.4. The van der Waals surface area contributed by atoms with Crippen molar-refractivity contribution in [3.05, 3.63) is 58.3 Å². The van der Waals surface area contributed by atoms with Gasteiger partial charge in [0.25, 0.3) is 5.56 Å². The van der Waals surface area contributed by atoms with E-state index in [1.165, 1.54) is 18.9 Å². The third kappa shape index (κ3) is 3.39. The van der Waals surface area contributed by atoms with Crippen molar-refractivity contribution in [1.29, 1.82) is 0 Å². The number of para-hydroxylation sites is 1. The first-order valence-corrected chi connectivity index (χ1v) is 9.16. The average molecular weight is 372 g/mol. The molecule has 6 nitrogen and oxygen atoms in total. The molecule has 1 aromatic carbocycles. The van der Waals surface area contributed by atoms with E-state index in [0.29, 0.717) is 21.8 Å². The second-order valence-corrected chi connectivity index (χ2v) is 7.44. The molecule has 0 saturated heterocycles. The summed E-state index contributed by atoms with van der Waals surface area (Å²) in [6.45, 7) is 5.85. The Labute approximate surface area is 155 Å². The number of methoxy groups -OCH3 is 1. The lowest BCUT2D eigenvalue weighted by Gasteiger charge is -2.18. The normalized spacial score (nSPS) is 12.5. The number of esters is 1. The van der Waals surface area contributed by atoms with Gasteiger partial charge in [-0.1, -0.05) is 23.9 Å². The third-order valence-corrected chi connectivity index (χ3v) is 5.07. The van der Waals surface area contributed by atoms with Gasteiger partial charge in [0.15, 0.2) is 5.16 Å². The fourth-order valence-electron chi connectivity index (χ4n) is 2.66. The van der Waals surface area contributed by atoms with Crippen LogP contribution in [0.2, 0.25) is 0 Å². The van der Waals surface area contributed by atoms with E-state index in [2.05, 4.69) is 9.72 Å². The number of hydrogen-bond acceptors (Lipinski definition) is 6. The minimum Gasteiger partial charge on any atom is -0.463 e. The molecule has 136 valence electrons. The summed E-state index contributed by atoms with van der Waals surface area (Å²) in [5.74, 6) is 0.257. The molecule has 1 unspecified atom stereocenters. The summed E-state index contributed by atoms with van der Waals surface area (Å²) in [7, 11) is 1.31. The Morgan fingerprint density at radius 3 is 2.62 bits per heavy atom. The van der Waals surface area contributed by atoms with E-state index in [9.17, 15) is 9.59 Å². The van der Waals surface area contributed by atoms with Crippen LogP contribution < -0.4 is 5.56 Å². The zero-order valence-electron chi connectivity index (χ0n) is 15.1. The Balaban J connectivity index is 1.99. The maximum atomic E-state index is 12.9. The first-order valence-electron chi connectivity index (χ1n) is 8.28. The van der Waals surface area contributed by atoms with Crippen LogP contribution in [0.5, 0.6) is 0 Å². The van der Waals surface area contributed by atoms with E-state index >= 15 is 0 Å². The number of furan rings is 1. The van der Waals surface area contributed by atoms with Gasteiger partial charge < -0.3 is 9.15 Å². The minimum absolute atomic E-state index is 0.0310. The van der Waals surface area contributed by atoms with E-state index in [1.54, 1.807) is 22.8 Å². The van der Waals surface area contributed by atoms with Crippen LogP contribution in [0, 0.1) is 0 Å². The lowest BCUT2D eigenvalue weighted by Crippen LogP contribution is -2.25. The first kappa shape index (κ1) is 18.3. The van der Waals surface area contributed by atoms with E-state index < -0.39 is 5.97 Å². The summed E-state index contributed by atoms with van der Waals surface area (Å²) < 4.78 is 11.9. The van der Waals surface area contributed by atoms with Crippen molar-refractivity contribution in [2.75, 3.05) is 7.11 Å². The maximum absolute atomic E-state index is 12.9. The fraction of sp³-hybridized carbons (Fsp3) is 0.316. The second kappa shape index (κ2) is 7.37. The largest absolute Gasteiger partial charge is 0.463 e. The number of aromatic nitrogens is 2. The van der Waals surface area contributed by atoms with Crippen LogP contribution in [0.25, 0.3) is 10.9 Å². The van der Waals surface area contributed by atoms with Gasteiger partial charge in [-0.15, -0.1) is 0 Å². The topological polar surface area (TPSA) is 74.3 Å². The molecule has 0 saturated carbocycles. The average Bonchev–Trinajstić information content (AvgIpc) is 3.11. The minimum atomic E-state index is -0.517. The standard InChI is InChI=1S/C19H20N2O4S/c1-11(2)21-17(22)13-7-5-6-8-14(13)20-19(21)26-12(3)15-9-10-16(25-15)18(23)24-4/h5-12H,1-4H3. The lowest BCUT2D eigenvalue weighted by molar-refractivity contribution is 0.0563. The molecule has 3 aromatic rings. The number of benzene rings is 1. The predicted octanol–water partition coefficient (Wildman–Crippen LogP) is 4.21. The SMILES string of the molecule is COC(=O)c1ccc(C(C)Sc2nc3ccccc3c(=O)n2C(C)C)o1. The van der Waals surface area contributed by atoms with Gasteiger partial charge in [0.05, 0.1) is 23.3 Å². The van der Waals surface area contributed by atoms with Crippen LogP contribution in [0.1, 0.15) is 48.4 Å². The van der Waals surface area contributed by atoms with Crippen LogP contribution in [-0.2, 0) is 4.74 Å². The Morgan fingerprint density at radius 2 is 1.92 bits per heavy atom. The van der Waals surface area contributed by atoms with Crippen molar-refractivity contribution in [1.82, 2.24) is 9.55 Å². The highest BCUT2D eigenvalue weighted by atomic mass is 32.2. The molecule has 0 aliphatic carbocycles. The highest BCUT2D eigenvalue weighted by Gasteiger charge is 2.20. The monoisotopic (exact) mass is 372 g/mol. The summed E-state index contributed by atoms with van der Waals surface area (Å²) in [4.78, 5) is 29.1. The lowest BCUT2D eigenvalue weighted by atomic mass is 10.2. The van der Waals surface area contributed by atoms with E-state index in [-0.39, 0.29) is 22.6 Å². The van der Waals surface area contributed by atoms with Crippen LogP contribution in [0.3, 0.4) is 0 Å². The van der Waals surface area contributed by atoms with E-state index in [0.717, 1.165) is 0 Å². The Hall–Kier alpha value is -2.54. The van der Waals surface area contributed by atoms with Gasteiger partial charge in [-0.05, 0) is 45.0 Å². The summed E-state index contributed by atoms with van der Waals surface area (Å²) >= 11 is 1.42. The smallest absolute Gasteiger partial charge is 0.373 e. The highest BCUT2D eigenvalue weighted by Crippen LogP contribution is 2.35. The second-order valence-electron chi connectivity index (χ2n) is 6.13. The maximum Gasteiger partial charge on any atom is 0.373 e. The van der Waals surface area contributed by atoms with Crippen molar-refractivity contribution in [2.24, 2.45) is 0 Å². The van der Waals surface area contributed by atoms with E-state index in [4.69, 9.17) is 4.42 Å². The Bertz CT molecular complexity index is 1010. The highest BCUT2D eigenvalue weighted by molar-refractivity contribution is 7.99. The number of carbonyl (C=O) groups is 1. The molecule has 0 bridgehead atoms. The van der Waals surface area contributed by atoms with Crippen LogP contribution in [0.15, 0.2) is 50.8 Å². The number of ether oxygens (including phenoxy) is 1. The van der Waals surface area contributed by atoms with Crippen molar-refractivity contribution >= 4 is 28.6 Å². The zero-order valence-corrected chi connectivity index (χ0v) is 15.9. The molecule has 0 amide bonds. The fourth-order valence-corrected chi connectivity index (χ4v) is 3.78. The molecule has 1 atom stereocenters. The summed E-state index contributed by atoms with van der Waals surface area (Å²) in [5, 5.41) is 1.09. The molecule has 3 rings (SSSR count). The number of thioether (sulfide) groups is 1. The molecular weight excluding hydrogens is 352 g/mol. The third-order valence-electron chi connectivity index (χ3n) is 3.99. The van der Waals surface area contributed by atoms with Gasteiger partial charge >= 0.3 is 5.97 Å². The molecule has 0 aliphatic rings. The van der Waals surface area contributed by atoms with E-state index in [1.807, 2.05) is 39.0 Å². The van der Waals surface area contributed by atoms with Gasteiger partial charge in [-0.3, -0.25) is 9.36 Å². The summed E-state index contributed by atoms with van der Waals surface area (Å²) in [5.41, 5.74) is 0.605. The van der Waals surface area contributed by atoms with Gasteiger partial charge in [0.1, 0.15) is 5.76 Å². The van der Waals surface area contributed by atoms with Crippen LogP contribution in [-0.4, -0.2) is 22.6 Å². The zero-order chi connectivity index (χ0) is 18.8.